The Balaban J connectivity index is 0.000000441. The van der Waals surface area contributed by atoms with Gasteiger partial charge < -0.3 is 29.0 Å². The van der Waals surface area contributed by atoms with Gasteiger partial charge in [0.25, 0.3) is 0 Å². The molecule has 10 heteroatoms. The van der Waals surface area contributed by atoms with Crippen LogP contribution in [0.1, 0.15) is 65.9 Å². The Kier molecular flexibility index (Phi) is 14.9. The molecule has 1 saturated carbocycles. The van der Waals surface area contributed by atoms with Crippen LogP contribution < -0.4 is 14.8 Å². The summed E-state index contributed by atoms with van der Waals surface area (Å²) in [6.07, 6.45) is 4.78. The standard InChI is InChI=1S/C23H32N2O7S.C7H8.C2H6.CH4/c1-15(11-24-23(26)31-21-13-28-22-18(21)8-9-27-22)12-25(32-16-4-2-3-5-16)33-17-6-7-19-20(10-17)30-14-29-19;1-7-5-3-2-4-6-7;1-2;/h6-7,10,15-16,18,21-22H,2-5,8-9,11-14H2,1H3,(H,24,26);2-6H,1H3;1-2H3;1H4/t15?,18?,21-,22?;;;/m0.../s1. The highest BCUT2D eigenvalue weighted by molar-refractivity contribution is 7.96. The number of nitrogens with zero attached hydrogens (tertiary/aromatic N) is 1. The van der Waals surface area contributed by atoms with Gasteiger partial charge in [0, 0.05) is 18.0 Å². The zero-order chi connectivity index (χ0) is 29.7. The summed E-state index contributed by atoms with van der Waals surface area (Å²) >= 11 is 1.54. The first-order valence-electron chi connectivity index (χ1n) is 15.2. The smallest absolute Gasteiger partial charge is 0.407 e. The van der Waals surface area contributed by atoms with Crippen molar-refractivity contribution in [3.05, 3.63) is 54.1 Å². The van der Waals surface area contributed by atoms with Gasteiger partial charge in [-0.3, -0.25) is 4.84 Å². The van der Waals surface area contributed by atoms with E-state index in [4.69, 9.17) is 28.5 Å². The van der Waals surface area contributed by atoms with Crippen molar-refractivity contribution in [1.29, 1.82) is 0 Å². The number of nitrogens with one attached hydrogen (secondary N) is 1. The van der Waals surface area contributed by atoms with Gasteiger partial charge >= 0.3 is 6.09 Å². The zero-order valence-corrected chi connectivity index (χ0v) is 26.1. The van der Waals surface area contributed by atoms with Gasteiger partial charge in [0.05, 0.1) is 25.2 Å². The Labute approximate surface area is 262 Å². The van der Waals surface area contributed by atoms with Crippen molar-refractivity contribution in [2.75, 3.05) is 33.1 Å². The molecule has 2 aromatic carbocycles. The molecule has 43 heavy (non-hydrogen) atoms. The molecule has 0 radical (unpaired) electrons. The van der Waals surface area contributed by atoms with E-state index < -0.39 is 6.09 Å². The fourth-order valence-electron chi connectivity index (χ4n) is 5.15. The quantitative estimate of drug-likeness (QED) is 0.228. The Bertz CT molecular complexity index is 1090. The summed E-state index contributed by atoms with van der Waals surface area (Å²) in [5, 5.41) is 2.90. The lowest BCUT2D eigenvalue weighted by atomic mass is 10.0. The Morgan fingerprint density at radius 1 is 1.05 bits per heavy atom. The number of hydrogen-bond donors (Lipinski definition) is 1. The Morgan fingerprint density at radius 2 is 1.79 bits per heavy atom. The highest BCUT2D eigenvalue weighted by atomic mass is 32.2. The summed E-state index contributed by atoms with van der Waals surface area (Å²) < 4.78 is 29.5. The predicted molar refractivity (Wildman–Crippen MR) is 169 cm³/mol. The normalized spacial score (nSPS) is 22.4. The molecule has 0 bridgehead atoms. The maximum absolute atomic E-state index is 12.4. The second kappa shape index (κ2) is 18.3. The largest absolute Gasteiger partial charge is 0.454 e. The van der Waals surface area contributed by atoms with Crippen LogP contribution in [0.4, 0.5) is 4.79 Å². The van der Waals surface area contributed by atoms with Gasteiger partial charge in [0.1, 0.15) is 6.10 Å². The summed E-state index contributed by atoms with van der Waals surface area (Å²) in [4.78, 5) is 19.7. The number of aryl methyl sites for hydroxylation is 1. The van der Waals surface area contributed by atoms with Crippen LogP contribution in [0.25, 0.3) is 0 Å². The van der Waals surface area contributed by atoms with Gasteiger partial charge in [0.2, 0.25) is 6.79 Å². The number of alkyl carbamates (subject to hydrolysis) is 1. The molecule has 6 rings (SSSR count). The van der Waals surface area contributed by atoms with Crippen LogP contribution >= 0.6 is 11.9 Å². The Morgan fingerprint density at radius 3 is 2.51 bits per heavy atom. The molecule has 4 aliphatic rings. The molecule has 240 valence electrons. The molecule has 1 N–H and O–H groups in total. The minimum Gasteiger partial charge on any atom is -0.454 e. The van der Waals surface area contributed by atoms with E-state index in [0.717, 1.165) is 35.7 Å². The second-order valence-corrected chi connectivity index (χ2v) is 11.8. The monoisotopic (exact) mass is 618 g/mol. The SMILES string of the molecule is C.CC.CC(CNC(=O)O[C@H]1COC2OCCC21)CN(OC1CCCC1)Sc1ccc2c(c1)OCO2.Cc1ccccc1. The first-order valence-corrected chi connectivity index (χ1v) is 16.0. The highest BCUT2D eigenvalue weighted by Crippen LogP contribution is 2.37. The van der Waals surface area contributed by atoms with Gasteiger partial charge in [-0.2, -0.15) is 0 Å². The summed E-state index contributed by atoms with van der Waals surface area (Å²) in [6, 6.07) is 16.2. The third-order valence-electron chi connectivity index (χ3n) is 7.36. The van der Waals surface area contributed by atoms with Gasteiger partial charge in [-0.25, -0.2) is 4.79 Å². The number of ether oxygens (including phenoxy) is 5. The van der Waals surface area contributed by atoms with Crippen molar-refractivity contribution >= 4 is 18.0 Å². The van der Waals surface area contributed by atoms with E-state index >= 15 is 0 Å². The van der Waals surface area contributed by atoms with Crippen LogP contribution in [0.5, 0.6) is 11.5 Å². The van der Waals surface area contributed by atoms with E-state index in [0.29, 0.717) is 26.3 Å². The number of benzene rings is 2. The highest BCUT2D eigenvalue weighted by Gasteiger charge is 2.43. The molecular formula is C33H50N2O7S. The average Bonchev–Trinajstić information content (AvgIpc) is 3.81. The summed E-state index contributed by atoms with van der Waals surface area (Å²) in [7, 11) is 0. The number of fused-ring (bicyclic) bond motifs is 2. The van der Waals surface area contributed by atoms with Crippen LogP contribution in [0.2, 0.25) is 0 Å². The Hall–Kier alpha value is -2.50. The molecule has 3 fully saturated rings. The van der Waals surface area contributed by atoms with Crippen molar-refractivity contribution in [1.82, 2.24) is 9.79 Å². The third-order valence-corrected chi connectivity index (χ3v) is 8.26. The lowest BCUT2D eigenvalue weighted by Crippen LogP contribution is -2.37. The molecule has 3 aliphatic heterocycles. The summed E-state index contributed by atoms with van der Waals surface area (Å²) in [5.41, 5.74) is 1.32. The molecule has 3 unspecified atom stereocenters. The number of carbonyl (C=O) groups is 1. The molecule has 0 spiro atoms. The van der Waals surface area contributed by atoms with Crippen molar-refractivity contribution in [2.24, 2.45) is 11.8 Å². The molecule has 9 nitrogen and oxygen atoms in total. The van der Waals surface area contributed by atoms with Crippen LogP contribution in [-0.2, 0) is 19.0 Å². The van der Waals surface area contributed by atoms with Crippen LogP contribution in [0, 0.1) is 18.8 Å². The topological polar surface area (TPSA) is 87.7 Å². The lowest BCUT2D eigenvalue weighted by Gasteiger charge is -2.27. The minimum absolute atomic E-state index is 0. The molecule has 2 saturated heterocycles. The number of rotatable bonds is 9. The third kappa shape index (κ3) is 10.9. The molecule has 4 atom stereocenters. The maximum atomic E-state index is 12.4. The van der Waals surface area contributed by atoms with E-state index in [1.807, 2.05) is 54.7 Å². The van der Waals surface area contributed by atoms with Gasteiger partial charge in [-0.15, -0.1) is 4.47 Å². The molecule has 1 aliphatic carbocycles. The first-order chi connectivity index (χ1) is 20.5. The minimum atomic E-state index is -0.408. The van der Waals surface area contributed by atoms with Crippen molar-refractivity contribution in [3.8, 4) is 11.5 Å². The number of hydrogen-bond acceptors (Lipinski definition) is 9. The second-order valence-electron chi connectivity index (χ2n) is 10.7. The van der Waals surface area contributed by atoms with E-state index in [9.17, 15) is 4.79 Å². The van der Waals surface area contributed by atoms with Crippen LogP contribution in [-0.4, -0.2) is 62.2 Å². The van der Waals surface area contributed by atoms with E-state index in [-0.39, 0.29) is 44.6 Å². The van der Waals surface area contributed by atoms with Gasteiger partial charge in [-0.05, 0) is 62.3 Å². The average molecular weight is 619 g/mol. The predicted octanol–water partition coefficient (Wildman–Crippen LogP) is 7.38. The van der Waals surface area contributed by atoms with Crippen LogP contribution in [0.3, 0.4) is 0 Å². The van der Waals surface area contributed by atoms with Gasteiger partial charge in [-0.1, -0.05) is 76.9 Å². The molecule has 2 aromatic rings. The van der Waals surface area contributed by atoms with Crippen LogP contribution in [0.15, 0.2) is 53.4 Å². The fourth-order valence-corrected chi connectivity index (χ4v) is 6.17. The number of carbonyl (C=O) groups excluding carboxylic acids is 1. The molecule has 3 heterocycles. The van der Waals surface area contributed by atoms with E-state index in [1.165, 1.54) is 18.4 Å². The van der Waals surface area contributed by atoms with E-state index in [1.54, 1.807) is 11.9 Å². The number of amides is 1. The van der Waals surface area contributed by atoms with Crippen molar-refractivity contribution < 1.29 is 33.3 Å². The van der Waals surface area contributed by atoms with Crippen molar-refractivity contribution in [2.45, 2.75) is 90.6 Å². The lowest BCUT2D eigenvalue weighted by molar-refractivity contribution is -0.127. The van der Waals surface area contributed by atoms with Gasteiger partial charge in [0.15, 0.2) is 17.8 Å². The molecule has 1 amide bonds. The molecular weight excluding hydrogens is 568 g/mol. The zero-order valence-electron chi connectivity index (χ0n) is 25.3. The molecule has 0 aromatic heterocycles. The van der Waals surface area contributed by atoms with E-state index in [2.05, 4.69) is 31.3 Å². The summed E-state index contributed by atoms with van der Waals surface area (Å²) in [6.45, 7) is 10.6. The number of hydroxylamine groups is 1. The first kappa shape index (κ1) is 35.0. The maximum Gasteiger partial charge on any atom is 0.407 e. The fraction of sp³-hybridized carbons (Fsp3) is 0.606. The summed E-state index contributed by atoms with van der Waals surface area (Å²) in [5.74, 6) is 1.82. The van der Waals surface area contributed by atoms with Crippen molar-refractivity contribution in [3.63, 3.8) is 0 Å².